The van der Waals surface area contributed by atoms with Gasteiger partial charge < -0.3 is 5.32 Å². The van der Waals surface area contributed by atoms with E-state index in [1.165, 1.54) is 11.1 Å². The van der Waals surface area contributed by atoms with Gasteiger partial charge in [-0.15, -0.1) is 0 Å². The zero-order valence-electron chi connectivity index (χ0n) is 9.62. The van der Waals surface area contributed by atoms with E-state index in [2.05, 4.69) is 41.9 Å². The molecule has 0 radical (unpaired) electrons. The third kappa shape index (κ3) is 1.28. The summed E-state index contributed by atoms with van der Waals surface area (Å²) in [7, 11) is 0. The Morgan fingerprint density at radius 2 is 2.31 bits per heavy atom. The number of nitrogens with one attached hydrogen (secondary N) is 1. The Kier molecular flexibility index (Phi) is 1.90. The molecule has 1 aliphatic heterocycles. The molecule has 2 heterocycles. The van der Waals surface area contributed by atoms with Crippen LogP contribution in [-0.4, -0.2) is 9.97 Å². The first-order chi connectivity index (χ1) is 7.68. The minimum atomic E-state index is 0.423. The number of fused-ring (bicyclic) bond motifs is 3. The second-order valence-electron chi connectivity index (χ2n) is 4.78. The zero-order chi connectivity index (χ0) is 11.3. The predicted octanol–water partition coefficient (Wildman–Crippen LogP) is 2.94. The largest absolute Gasteiger partial charge is 0.346 e. The third-order valence-electron chi connectivity index (χ3n) is 3.36. The number of anilines is 1. The molecule has 1 unspecified atom stereocenters. The SMILES string of the molecule is C=C(c1ncnc2c1C1CC1=CN2)C(C)C. The molecule has 1 fully saturated rings. The summed E-state index contributed by atoms with van der Waals surface area (Å²) in [5.41, 5.74) is 4.85. The van der Waals surface area contributed by atoms with Gasteiger partial charge in [0, 0.05) is 17.7 Å². The van der Waals surface area contributed by atoms with Crippen LogP contribution in [0.2, 0.25) is 0 Å². The molecule has 2 aliphatic rings. The molecule has 0 aromatic carbocycles. The molecule has 3 heteroatoms. The van der Waals surface area contributed by atoms with E-state index >= 15 is 0 Å². The van der Waals surface area contributed by atoms with Crippen LogP contribution >= 0.6 is 0 Å². The Balaban J connectivity index is 2.11. The minimum Gasteiger partial charge on any atom is -0.346 e. The average molecular weight is 213 g/mol. The molecule has 0 saturated heterocycles. The average Bonchev–Trinajstić information content (AvgIpc) is 3.06. The Morgan fingerprint density at radius 3 is 3.06 bits per heavy atom. The molecular formula is C13H15N3. The van der Waals surface area contributed by atoms with E-state index in [-0.39, 0.29) is 0 Å². The first-order valence-electron chi connectivity index (χ1n) is 5.68. The molecule has 1 aliphatic carbocycles. The fraction of sp³-hybridized carbons (Fsp3) is 0.385. The highest BCUT2D eigenvalue weighted by Crippen LogP contribution is 2.53. The Hall–Kier alpha value is -1.64. The summed E-state index contributed by atoms with van der Waals surface area (Å²) in [5.74, 6) is 1.92. The molecule has 0 bridgehead atoms. The first-order valence-corrected chi connectivity index (χ1v) is 5.68. The Labute approximate surface area is 95.3 Å². The summed E-state index contributed by atoms with van der Waals surface area (Å²) in [6.07, 6.45) is 4.84. The van der Waals surface area contributed by atoms with Crippen molar-refractivity contribution in [2.75, 3.05) is 5.32 Å². The van der Waals surface area contributed by atoms with Crippen LogP contribution in [0.25, 0.3) is 5.57 Å². The summed E-state index contributed by atoms with van der Waals surface area (Å²) < 4.78 is 0. The van der Waals surface area contributed by atoms with E-state index in [1.54, 1.807) is 6.33 Å². The van der Waals surface area contributed by atoms with Crippen LogP contribution in [0.1, 0.15) is 37.4 Å². The second-order valence-corrected chi connectivity index (χ2v) is 4.78. The molecule has 1 aromatic rings. The molecule has 0 spiro atoms. The Bertz CT molecular complexity index is 500. The van der Waals surface area contributed by atoms with Crippen molar-refractivity contribution in [2.24, 2.45) is 5.92 Å². The van der Waals surface area contributed by atoms with Crippen molar-refractivity contribution in [3.8, 4) is 0 Å². The van der Waals surface area contributed by atoms with Gasteiger partial charge in [0.05, 0.1) is 5.69 Å². The van der Waals surface area contributed by atoms with Crippen molar-refractivity contribution in [3.05, 3.63) is 35.9 Å². The van der Waals surface area contributed by atoms with Crippen LogP contribution in [0.5, 0.6) is 0 Å². The van der Waals surface area contributed by atoms with Crippen molar-refractivity contribution < 1.29 is 0 Å². The highest BCUT2D eigenvalue weighted by Gasteiger charge is 2.39. The van der Waals surface area contributed by atoms with E-state index in [0.717, 1.165) is 23.5 Å². The summed E-state index contributed by atoms with van der Waals surface area (Å²) in [4.78, 5) is 8.70. The Morgan fingerprint density at radius 1 is 1.50 bits per heavy atom. The number of rotatable bonds is 2. The van der Waals surface area contributed by atoms with Crippen molar-refractivity contribution in [2.45, 2.75) is 26.2 Å². The van der Waals surface area contributed by atoms with E-state index in [0.29, 0.717) is 11.8 Å². The molecule has 0 amide bonds. The lowest BCUT2D eigenvalue weighted by molar-refractivity contribution is 0.843. The molecule has 16 heavy (non-hydrogen) atoms. The second kappa shape index (κ2) is 3.17. The molecule has 1 atom stereocenters. The third-order valence-corrected chi connectivity index (χ3v) is 3.36. The van der Waals surface area contributed by atoms with E-state index in [4.69, 9.17) is 0 Å². The maximum absolute atomic E-state index is 4.41. The van der Waals surface area contributed by atoms with Gasteiger partial charge in [0.15, 0.2) is 0 Å². The van der Waals surface area contributed by atoms with Crippen LogP contribution in [0.4, 0.5) is 5.82 Å². The van der Waals surface area contributed by atoms with Gasteiger partial charge in [-0.05, 0) is 23.5 Å². The van der Waals surface area contributed by atoms with Gasteiger partial charge in [-0.1, -0.05) is 20.4 Å². The highest BCUT2D eigenvalue weighted by molar-refractivity contribution is 5.73. The van der Waals surface area contributed by atoms with Gasteiger partial charge in [-0.25, -0.2) is 9.97 Å². The lowest BCUT2D eigenvalue weighted by Crippen LogP contribution is -2.08. The summed E-state index contributed by atoms with van der Waals surface area (Å²) >= 11 is 0. The van der Waals surface area contributed by atoms with Gasteiger partial charge in [0.25, 0.3) is 0 Å². The van der Waals surface area contributed by atoms with Crippen molar-refractivity contribution in [1.29, 1.82) is 0 Å². The molecule has 1 aromatic heterocycles. The summed E-state index contributed by atoms with van der Waals surface area (Å²) in [6.45, 7) is 8.45. The van der Waals surface area contributed by atoms with Gasteiger partial charge >= 0.3 is 0 Å². The van der Waals surface area contributed by atoms with E-state index < -0.39 is 0 Å². The normalized spacial score (nSPS) is 20.7. The van der Waals surface area contributed by atoms with Gasteiger partial charge in [0.1, 0.15) is 12.1 Å². The number of hydrogen-bond acceptors (Lipinski definition) is 3. The van der Waals surface area contributed by atoms with Crippen LogP contribution in [0.15, 0.2) is 24.7 Å². The quantitative estimate of drug-likeness (QED) is 0.820. The van der Waals surface area contributed by atoms with Crippen LogP contribution in [-0.2, 0) is 0 Å². The van der Waals surface area contributed by atoms with Crippen LogP contribution in [0, 0.1) is 5.92 Å². The van der Waals surface area contributed by atoms with Crippen molar-refractivity contribution >= 4 is 11.4 Å². The zero-order valence-corrected chi connectivity index (χ0v) is 9.62. The summed E-state index contributed by atoms with van der Waals surface area (Å²) in [6, 6.07) is 0. The molecule has 1 saturated carbocycles. The number of hydrogen-bond donors (Lipinski definition) is 1. The highest BCUT2D eigenvalue weighted by atomic mass is 15.0. The van der Waals surface area contributed by atoms with Gasteiger partial charge in [0.2, 0.25) is 0 Å². The maximum Gasteiger partial charge on any atom is 0.137 e. The smallest absolute Gasteiger partial charge is 0.137 e. The lowest BCUT2D eigenvalue weighted by Gasteiger charge is -2.17. The van der Waals surface area contributed by atoms with Gasteiger partial charge in [-0.2, -0.15) is 0 Å². The number of aromatic nitrogens is 2. The fourth-order valence-corrected chi connectivity index (χ4v) is 2.15. The van der Waals surface area contributed by atoms with Gasteiger partial charge in [-0.3, -0.25) is 0 Å². The number of allylic oxidation sites excluding steroid dienone is 2. The maximum atomic E-state index is 4.41. The van der Waals surface area contributed by atoms with E-state index in [1.807, 2.05) is 0 Å². The van der Waals surface area contributed by atoms with Crippen LogP contribution < -0.4 is 5.32 Å². The summed E-state index contributed by atoms with van der Waals surface area (Å²) in [5, 5.41) is 3.23. The fourth-order valence-electron chi connectivity index (χ4n) is 2.15. The van der Waals surface area contributed by atoms with E-state index in [9.17, 15) is 0 Å². The minimum absolute atomic E-state index is 0.423. The number of nitrogens with zero attached hydrogens (tertiary/aromatic N) is 2. The van der Waals surface area contributed by atoms with Crippen molar-refractivity contribution in [3.63, 3.8) is 0 Å². The first kappa shape index (κ1) is 9.58. The standard InChI is InChI=1S/C13H15N3/c1-7(2)8(3)12-11-10-4-9(10)5-14-13(11)16-6-15-12/h5-7,10H,3-4H2,1-2H3,(H,14,15,16). The lowest BCUT2D eigenvalue weighted by atomic mass is 9.95. The van der Waals surface area contributed by atoms with Crippen molar-refractivity contribution in [1.82, 2.24) is 9.97 Å². The predicted molar refractivity (Wildman–Crippen MR) is 65.0 cm³/mol. The molecule has 3 rings (SSSR count). The van der Waals surface area contributed by atoms with Crippen LogP contribution in [0.3, 0.4) is 0 Å². The molecule has 1 N–H and O–H groups in total. The molecule has 3 nitrogen and oxygen atoms in total. The monoisotopic (exact) mass is 213 g/mol. The molecule has 82 valence electrons. The molecular weight excluding hydrogens is 198 g/mol. The topological polar surface area (TPSA) is 37.8 Å².